The first-order valence-electron chi connectivity index (χ1n) is 7.93. The first-order chi connectivity index (χ1) is 9.59. The number of aliphatic hydroxyl groups is 1. The molecule has 0 amide bonds. The Hall–Kier alpha value is -1.15. The molecule has 0 saturated heterocycles. The zero-order valence-electron chi connectivity index (χ0n) is 12.0. The Kier molecular flexibility index (Phi) is 2.62. The predicted molar refractivity (Wildman–Crippen MR) is 78.0 cm³/mol. The molecule has 4 aliphatic rings. The van der Waals surface area contributed by atoms with Crippen molar-refractivity contribution in [2.75, 3.05) is 0 Å². The first-order valence-corrected chi connectivity index (χ1v) is 7.93. The summed E-state index contributed by atoms with van der Waals surface area (Å²) in [5.41, 5.74) is 2.44. The summed E-state index contributed by atoms with van der Waals surface area (Å²) in [5.74, 6) is 2.11. The molecule has 0 aliphatic heterocycles. The second kappa shape index (κ2) is 4.17. The van der Waals surface area contributed by atoms with Gasteiger partial charge in [0.25, 0.3) is 0 Å². The van der Waals surface area contributed by atoms with Gasteiger partial charge in [0.2, 0.25) is 0 Å². The van der Waals surface area contributed by atoms with Gasteiger partial charge in [0, 0.05) is 0 Å². The number of carbonyl (C=O) groups excluding carboxylic acids is 1. The second-order valence-corrected chi connectivity index (χ2v) is 7.20. The molecule has 5 atom stereocenters. The molecule has 0 radical (unpaired) electrons. The maximum atomic E-state index is 12.2. The normalized spacial score (nSPS) is 46.2. The molecule has 1 fully saturated rings. The van der Waals surface area contributed by atoms with E-state index in [9.17, 15) is 9.90 Å². The number of hydrogen-bond donors (Lipinski definition) is 1. The SMILES string of the molecule is C[C@]12CC[C@H]3C(=C1C=CC2=O)C=CC1CC(O)CC[C@@H]13. The Bertz CT molecular complexity index is 554. The lowest BCUT2D eigenvalue weighted by atomic mass is 9.58. The fourth-order valence-electron chi connectivity index (χ4n) is 4.94. The number of carbonyl (C=O) groups is 1. The lowest BCUT2D eigenvalue weighted by Gasteiger charge is -2.46. The van der Waals surface area contributed by atoms with E-state index < -0.39 is 0 Å². The summed E-state index contributed by atoms with van der Waals surface area (Å²) < 4.78 is 0. The van der Waals surface area contributed by atoms with Crippen LogP contribution in [0.25, 0.3) is 0 Å². The maximum Gasteiger partial charge on any atom is 0.165 e. The monoisotopic (exact) mass is 270 g/mol. The molecule has 4 rings (SSSR count). The van der Waals surface area contributed by atoms with E-state index in [0.717, 1.165) is 32.1 Å². The van der Waals surface area contributed by atoms with Gasteiger partial charge in [-0.15, -0.1) is 0 Å². The Morgan fingerprint density at radius 1 is 1.20 bits per heavy atom. The van der Waals surface area contributed by atoms with Gasteiger partial charge in [-0.3, -0.25) is 4.79 Å². The highest BCUT2D eigenvalue weighted by Gasteiger charge is 2.47. The number of fused-ring (bicyclic) bond motifs is 4. The van der Waals surface area contributed by atoms with Crippen LogP contribution in [0.3, 0.4) is 0 Å². The maximum absolute atomic E-state index is 12.2. The van der Waals surface area contributed by atoms with Crippen molar-refractivity contribution >= 4 is 5.78 Å². The van der Waals surface area contributed by atoms with Gasteiger partial charge in [-0.2, -0.15) is 0 Å². The number of allylic oxidation sites excluding steroid dienone is 6. The minimum atomic E-state index is -0.253. The Labute approximate surface area is 120 Å². The Morgan fingerprint density at radius 2 is 2.05 bits per heavy atom. The number of ketones is 1. The molecule has 1 saturated carbocycles. The molecule has 1 N–H and O–H groups in total. The van der Waals surface area contributed by atoms with Crippen LogP contribution in [0.15, 0.2) is 35.5 Å². The zero-order valence-corrected chi connectivity index (χ0v) is 12.0. The molecular formula is C18H22O2. The number of rotatable bonds is 0. The van der Waals surface area contributed by atoms with Crippen LogP contribution < -0.4 is 0 Å². The van der Waals surface area contributed by atoms with Crippen molar-refractivity contribution in [1.29, 1.82) is 0 Å². The van der Waals surface area contributed by atoms with Gasteiger partial charge in [0.15, 0.2) is 5.78 Å². The molecule has 0 bridgehead atoms. The van der Waals surface area contributed by atoms with Crippen LogP contribution in [-0.2, 0) is 4.79 Å². The van der Waals surface area contributed by atoms with Crippen LogP contribution >= 0.6 is 0 Å². The van der Waals surface area contributed by atoms with Crippen LogP contribution in [0.5, 0.6) is 0 Å². The van der Waals surface area contributed by atoms with Gasteiger partial charge in [-0.25, -0.2) is 0 Å². The molecular weight excluding hydrogens is 248 g/mol. The fourth-order valence-corrected chi connectivity index (χ4v) is 4.94. The highest BCUT2D eigenvalue weighted by atomic mass is 16.3. The molecule has 2 heteroatoms. The van der Waals surface area contributed by atoms with E-state index >= 15 is 0 Å². The second-order valence-electron chi connectivity index (χ2n) is 7.20. The van der Waals surface area contributed by atoms with E-state index in [2.05, 4.69) is 25.2 Å². The van der Waals surface area contributed by atoms with Gasteiger partial charge in [0.05, 0.1) is 11.5 Å². The van der Waals surface area contributed by atoms with Crippen molar-refractivity contribution in [1.82, 2.24) is 0 Å². The molecule has 4 aliphatic carbocycles. The standard InChI is InChI=1S/C18H22O2/c1-18-9-8-14-13-5-3-12(19)10-11(13)2-4-15(14)16(18)6-7-17(18)20/h2,4,6-7,11-14,19H,3,5,8-10H2,1H3/t11?,12?,13-,14+,18-/m0/s1. The van der Waals surface area contributed by atoms with Crippen molar-refractivity contribution in [3.8, 4) is 0 Å². The number of hydrogen-bond acceptors (Lipinski definition) is 2. The first kappa shape index (κ1) is 12.6. The molecule has 0 spiro atoms. The Morgan fingerprint density at radius 3 is 2.90 bits per heavy atom. The molecule has 2 nitrogen and oxygen atoms in total. The lowest BCUT2D eigenvalue weighted by Crippen LogP contribution is -2.39. The lowest BCUT2D eigenvalue weighted by molar-refractivity contribution is -0.121. The van der Waals surface area contributed by atoms with Gasteiger partial charge >= 0.3 is 0 Å². The van der Waals surface area contributed by atoms with Crippen LogP contribution in [0.1, 0.15) is 39.0 Å². The summed E-state index contributed by atoms with van der Waals surface area (Å²) in [5, 5.41) is 9.87. The molecule has 106 valence electrons. The molecule has 2 unspecified atom stereocenters. The largest absolute Gasteiger partial charge is 0.393 e. The minimum absolute atomic E-state index is 0.114. The quantitative estimate of drug-likeness (QED) is 0.734. The summed E-state index contributed by atoms with van der Waals surface area (Å²) >= 11 is 0. The number of aliphatic hydroxyl groups excluding tert-OH is 1. The fraction of sp³-hybridized carbons (Fsp3) is 0.611. The average molecular weight is 270 g/mol. The van der Waals surface area contributed by atoms with E-state index in [0.29, 0.717) is 17.8 Å². The van der Waals surface area contributed by atoms with Crippen molar-refractivity contribution in [2.45, 2.75) is 45.1 Å². The summed E-state index contributed by atoms with van der Waals surface area (Å²) in [6.45, 7) is 2.11. The van der Waals surface area contributed by atoms with Gasteiger partial charge in [0.1, 0.15) is 0 Å². The summed E-state index contributed by atoms with van der Waals surface area (Å²) in [4.78, 5) is 12.2. The average Bonchev–Trinajstić information content (AvgIpc) is 2.74. The highest BCUT2D eigenvalue weighted by molar-refractivity contribution is 6.01. The van der Waals surface area contributed by atoms with Gasteiger partial charge in [-0.1, -0.05) is 18.2 Å². The Balaban J connectivity index is 1.77. The van der Waals surface area contributed by atoms with Crippen LogP contribution in [0, 0.1) is 23.2 Å². The highest BCUT2D eigenvalue weighted by Crippen LogP contribution is 2.54. The van der Waals surface area contributed by atoms with E-state index in [1.54, 1.807) is 6.08 Å². The van der Waals surface area contributed by atoms with Gasteiger partial charge < -0.3 is 5.11 Å². The summed E-state index contributed by atoms with van der Waals surface area (Å²) in [6, 6.07) is 0. The van der Waals surface area contributed by atoms with Crippen LogP contribution in [0.2, 0.25) is 0 Å². The molecule has 20 heavy (non-hydrogen) atoms. The molecule has 0 aromatic heterocycles. The molecule has 0 heterocycles. The van der Waals surface area contributed by atoms with E-state index in [-0.39, 0.29) is 17.3 Å². The van der Waals surface area contributed by atoms with Gasteiger partial charge in [-0.05, 0) is 74.0 Å². The third-order valence-electron chi connectivity index (χ3n) is 6.17. The zero-order chi connectivity index (χ0) is 13.9. The van der Waals surface area contributed by atoms with Crippen molar-refractivity contribution in [2.24, 2.45) is 23.2 Å². The van der Waals surface area contributed by atoms with Crippen LogP contribution in [-0.4, -0.2) is 17.0 Å². The van der Waals surface area contributed by atoms with Crippen molar-refractivity contribution < 1.29 is 9.90 Å². The summed E-state index contributed by atoms with van der Waals surface area (Å²) in [6.07, 6.45) is 13.4. The van der Waals surface area contributed by atoms with E-state index in [1.807, 2.05) is 0 Å². The summed E-state index contributed by atoms with van der Waals surface area (Å²) in [7, 11) is 0. The van der Waals surface area contributed by atoms with Crippen molar-refractivity contribution in [3.05, 3.63) is 35.5 Å². The van der Waals surface area contributed by atoms with E-state index in [4.69, 9.17) is 0 Å². The van der Waals surface area contributed by atoms with Crippen molar-refractivity contribution in [3.63, 3.8) is 0 Å². The third-order valence-corrected chi connectivity index (χ3v) is 6.17. The van der Waals surface area contributed by atoms with Crippen LogP contribution in [0.4, 0.5) is 0 Å². The third kappa shape index (κ3) is 1.57. The molecule has 0 aromatic carbocycles. The predicted octanol–water partition coefficient (Wildman–Crippen LogP) is 3.19. The minimum Gasteiger partial charge on any atom is -0.393 e. The topological polar surface area (TPSA) is 37.3 Å². The smallest absolute Gasteiger partial charge is 0.165 e. The van der Waals surface area contributed by atoms with E-state index in [1.165, 1.54) is 11.1 Å². The molecule has 0 aromatic rings.